The molecule has 1 N–H and O–H groups in total. The number of morpholine rings is 1. The zero-order valence-corrected chi connectivity index (χ0v) is 12.2. The Morgan fingerprint density at radius 2 is 1.95 bits per heavy atom. The highest BCUT2D eigenvalue weighted by molar-refractivity contribution is 5.80. The van der Waals surface area contributed by atoms with Gasteiger partial charge < -0.3 is 15.0 Å². The summed E-state index contributed by atoms with van der Waals surface area (Å²) in [5, 5.41) is 3.00. The Labute approximate surface area is 129 Å². The lowest BCUT2D eigenvalue weighted by molar-refractivity contribution is -0.133. The number of carbonyl (C=O) groups is 1. The van der Waals surface area contributed by atoms with Crippen molar-refractivity contribution in [2.75, 3.05) is 38.2 Å². The highest BCUT2D eigenvalue weighted by Gasteiger charge is 2.16. The fraction of sp³-hybridized carbons (Fsp3) is 0.312. The molecule has 1 aliphatic heterocycles. The molecule has 6 nitrogen and oxygen atoms in total. The molecule has 1 saturated heterocycles. The summed E-state index contributed by atoms with van der Waals surface area (Å²) in [4.78, 5) is 22.5. The number of anilines is 1. The lowest BCUT2D eigenvalue weighted by Gasteiger charge is -2.26. The van der Waals surface area contributed by atoms with Gasteiger partial charge in [-0.05, 0) is 6.07 Å². The Balaban J connectivity index is 1.62. The minimum Gasteiger partial charge on any atom is -0.378 e. The molecule has 1 amide bonds. The van der Waals surface area contributed by atoms with E-state index in [-0.39, 0.29) is 12.5 Å². The van der Waals surface area contributed by atoms with E-state index in [2.05, 4.69) is 15.3 Å². The number of hydrogen-bond donors (Lipinski definition) is 1. The van der Waals surface area contributed by atoms with Crippen LogP contribution in [0.3, 0.4) is 0 Å². The van der Waals surface area contributed by atoms with Crippen molar-refractivity contribution < 1.29 is 9.53 Å². The molecule has 3 rings (SSSR count). The van der Waals surface area contributed by atoms with Crippen LogP contribution in [0.2, 0.25) is 0 Å². The molecule has 1 aromatic heterocycles. The Morgan fingerprint density at radius 3 is 2.73 bits per heavy atom. The molecule has 1 aliphatic rings. The molecule has 0 aliphatic carbocycles. The van der Waals surface area contributed by atoms with Gasteiger partial charge in [-0.1, -0.05) is 30.3 Å². The first-order valence-corrected chi connectivity index (χ1v) is 7.31. The Hall–Kier alpha value is -2.47. The standard InChI is InChI=1S/C16H18N4O2/c21-15(20-8-10-22-11-9-20)12-18-16-17-7-6-14(19-16)13-4-2-1-3-5-13/h1-7H,8-12H2,(H,17,18,19). The predicted molar refractivity (Wildman–Crippen MR) is 83.4 cm³/mol. The Bertz CT molecular complexity index is 627. The molecule has 2 aromatic rings. The molecule has 0 spiro atoms. The van der Waals surface area contributed by atoms with Gasteiger partial charge in [0.15, 0.2) is 0 Å². The molecule has 6 heteroatoms. The maximum Gasteiger partial charge on any atom is 0.242 e. The number of ether oxygens (including phenoxy) is 1. The van der Waals surface area contributed by atoms with E-state index in [1.807, 2.05) is 36.4 Å². The normalized spacial score (nSPS) is 14.6. The van der Waals surface area contributed by atoms with Crippen LogP contribution in [0.5, 0.6) is 0 Å². The van der Waals surface area contributed by atoms with Gasteiger partial charge in [-0.25, -0.2) is 9.97 Å². The van der Waals surface area contributed by atoms with Crippen molar-refractivity contribution in [1.82, 2.24) is 14.9 Å². The minimum atomic E-state index is 0.0389. The van der Waals surface area contributed by atoms with Crippen molar-refractivity contribution in [1.29, 1.82) is 0 Å². The van der Waals surface area contributed by atoms with Crippen LogP contribution < -0.4 is 5.32 Å². The number of hydrogen-bond acceptors (Lipinski definition) is 5. The minimum absolute atomic E-state index is 0.0389. The van der Waals surface area contributed by atoms with Crippen molar-refractivity contribution >= 4 is 11.9 Å². The summed E-state index contributed by atoms with van der Waals surface area (Å²) in [5.74, 6) is 0.500. The van der Waals surface area contributed by atoms with E-state index in [9.17, 15) is 4.79 Å². The van der Waals surface area contributed by atoms with Crippen LogP contribution in [0.4, 0.5) is 5.95 Å². The molecule has 0 saturated carbocycles. The van der Waals surface area contributed by atoms with Crippen molar-refractivity contribution in [2.24, 2.45) is 0 Å². The average molecular weight is 298 g/mol. The van der Waals surface area contributed by atoms with Gasteiger partial charge in [0.25, 0.3) is 0 Å². The van der Waals surface area contributed by atoms with Gasteiger partial charge in [-0.2, -0.15) is 0 Å². The van der Waals surface area contributed by atoms with Gasteiger partial charge in [-0.15, -0.1) is 0 Å². The zero-order valence-electron chi connectivity index (χ0n) is 12.2. The topological polar surface area (TPSA) is 67.4 Å². The van der Waals surface area contributed by atoms with E-state index in [4.69, 9.17) is 4.74 Å². The second-order valence-electron chi connectivity index (χ2n) is 4.98. The van der Waals surface area contributed by atoms with Crippen LogP contribution in [0.1, 0.15) is 0 Å². The largest absolute Gasteiger partial charge is 0.378 e. The molecule has 1 aromatic carbocycles. The lowest BCUT2D eigenvalue weighted by atomic mass is 10.1. The van der Waals surface area contributed by atoms with E-state index < -0.39 is 0 Å². The summed E-state index contributed by atoms with van der Waals surface area (Å²) in [6.45, 7) is 2.69. The number of nitrogens with zero attached hydrogens (tertiary/aromatic N) is 3. The van der Waals surface area contributed by atoms with E-state index >= 15 is 0 Å². The highest BCUT2D eigenvalue weighted by Crippen LogP contribution is 2.16. The fourth-order valence-electron chi connectivity index (χ4n) is 2.29. The molecule has 2 heterocycles. The van der Waals surface area contributed by atoms with Gasteiger partial charge in [0.1, 0.15) is 0 Å². The van der Waals surface area contributed by atoms with Crippen LogP contribution in [-0.2, 0) is 9.53 Å². The third-order valence-electron chi connectivity index (χ3n) is 3.49. The number of benzene rings is 1. The Morgan fingerprint density at radius 1 is 1.18 bits per heavy atom. The number of nitrogens with one attached hydrogen (secondary N) is 1. The van der Waals surface area contributed by atoms with Crippen molar-refractivity contribution in [3.63, 3.8) is 0 Å². The summed E-state index contributed by atoms with van der Waals surface area (Å²) in [6.07, 6.45) is 1.69. The number of rotatable bonds is 4. The van der Waals surface area contributed by atoms with Crippen LogP contribution in [0, 0.1) is 0 Å². The lowest BCUT2D eigenvalue weighted by Crippen LogP contribution is -2.43. The molecule has 0 atom stereocenters. The maximum absolute atomic E-state index is 12.1. The van der Waals surface area contributed by atoms with Gasteiger partial charge in [-0.3, -0.25) is 4.79 Å². The van der Waals surface area contributed by atoms with Gasteiger partial charge in [0, 0.05) is 24.8 Å². The predicted octanol–water partition coefficient (Wildman–Crippen LogP) is 1.41. The zero-order chi connectivity index (χ0) is 15.2. The highest BCUT2D eigenvalue weighted by atomic mass is 16.5. The second kappa shape index (κ2) is 7.00. The third-order valence-corrected chi connectivity index (χ3v) is 3.49. The third kappa shape index (κ3) is 3.59. The van der Waals surface area contributed by atoms with E-state index in [0.29, 0.717) is 32.3 Å². The fourth-order valence-corrected chi connectivity index (χ4v) is 2.29. The summed E-state index contributed by atoms with van der Waals surface area (Å²) in [7, 11) is 0. The average Bonchev–Trinajstić information content (AvgIpc) is 2.61. The molecule has 1 fully saturated rings. The first-order chi connectivity index (χ1) is 10.8. The molecular formula is C16H18N4O2. The first kappa shape index (κ1) is 14.5. The summed E-state index contributed by atoms with van der Waals surface area (Å²) in [6, 6.07) is 11.7. The maximum atomic E-state index is 12.1. The van der Waals surface area contributed by atoms with Crippen molar-refractivity contribution in [3.05, 3.63) is 42.6 Å². The van der Waals surface area contributed by atoms with Gasteiger partial charge >= 0.3 is 0 Å². The quantitative estimate of drug-likeness (QED) is 0.924. The van der Waals surface area contributed by atoms with E-state index in [1.165, 1.54) is 0 Å². The van der Waals surface area contributed by atoms with Crippen LogP contribution in [0.15, 0.2) is 42.6 Å². The molecule has 22 heavy (non-hydrogen) atoms. The number of carbonyl (C=O) groups excluding carboxylic acids is 1. The van der Waals surface area contributed by atoms with Crippen molar-refractivity contribution in [2.45, 2.75) is 0 Å². The van der Waals surface area contributed by atoms with Crippen LogP contribution in [0.25, 0.3) is 11.3 Å². The van der Waals surface area contributed by atoms with Gasteiger partial charge in [0.05, 0.1) is 25.5 Å². The SMILES string of the molecule is O=C(CNc1nccc(-c2ccccc2)n1)N1CCOCC1. The summed E-state index contributed by atoms with van der Waals surface area (Å²) >= 11 is 0. The number of aromatic nitrogens is 2. The molecule has 0 radical (unpaired) electrons. The van der Waals surface area contributed by atoms with E-state index in [1.54, 1.807) is 11.1 Å². The molecule has 0 bridgehead atoms. The first-order valence-electron chi connectivity index (χ1n) is 7.31. The van der Waals surface area contributed by atoms with Gasteiger partial charge in [0.2, 0.25) is 11.9 Å². The molecule has 114 valence electrons. The van der Waals surface area contributed by atoms with Crippen LogP contribution >= 0.6 is 0 Å². The second-order valence-corrected chi connectivity index (χ2v) is 4.98. The van der Waals surface area contributed by atoms with Crippen LogP contribution in [-0.4, -0.2) is 53.6 Å². The number of amides is 1. The monoisotopic (exact) mass is 298 g/mol. The summed E-state index contributed by atoms with van der Waals surface area (Å²) in [5.41, 5.74) is 1.85. The van der Waals surface area contributed by atoms with Crippen molar-refractivity contribution in [3.8, 4) is 11.3 Å². The van der Waals surface area contributed by atoms with E-state index in [0.717, 1.165) is 11.3 Å². The molecular weight excluding hydrogens is 280 g/mol. The summed E-state index contributed by atoms with van der Waals surface area (Å²) < 4.78 is 5.24. The Kier molecular flexibility index (Phi) is 4.60. The molecule has 0 unspecified atom stereocenters. The smallest absolute Gasteiger partial charge is 0.242 e.